The van der Waals surface area contributed by atoms with Crippen LogP contribution in [0.3, 0.4) is 0 Å². The summed E-state index contributed by atoms with van der Waals surface area (Å²) in [5.74, 6) is -1.17. The van der Waals surface area contributed by atoms with Crippen molar-refractivity contribution >= 4 is 28.9 Å². The van der Waals surface area contributed by atoms with E-state index in [1.165, 1.54) is 23.3 Å². The third-order valence-electron chi connectivity index (χ3n) is 5.18. The van der Waals surface area contributed by atoms with Gasteiger partial charge in [0.1, 0.15) is 0 Å². The SMILES string of the molecule is CCCCOc1c(C(=O)OC)nc2c(N(C)C(C)=O)cc(N3CCOCC3)cn2c1=O. The Morgan fingerprint density at radius 1 is 1.29 bits per heavy atom. The minimum atomic E-state index is -0.778. The highest BCUT2D eigenvalue weighted by Crippen LogP contribution is 2.28. The first-order valence-electron chi connectivity index (χ1n) is 10.3. The van der Waals surface area contributed by atoms with Crippen molar-refractivity contribution in [2.45, 2.75) is 26.7 Å². The molecule has 1 fully saturated rings. The van der Waals surface area contributed by atoms with Crippen LogP contribution >= 0.6 is 0 Å². The lowest BCUT2D eigenvalue weighted by atomic mass is 10.2. The molecule has 1 aliphatic rings. The van der Waals surface area contributed by atoms with Gasteiger partial charge in [-0.15, -0.1) is 0 Å². The Morgan fingerprint density at radius 3 is 2.61 bits per heavy atom. The number of esters is 1. The lowest BCUT2D eigenvalue weighted by molar-refractivity contribution is -0.116. The Morgan fingerprint density at radius 2 is 2.00 bits per heavy atom. The first-order chi connectivity index (χ1) is 14.9. The zero-order valence-corrected chi connectivity index (χ0v) is 18.3. The number of carbonyl (C=O) groups is 2. The summed E-state index contributed by atoms with van der Waals surface area (Å²) < 4.78 is 17.2. The first-order valence-corrected chi connectivity index (χ1v) is 10.3. The summed E-state index contributed by atoms with van der Waals surface area (Å²) in [6.07, 6.45) is 3.24. The molecule has 3 rings (SSSR count). The molecular weight excluding hydrogens is 404 g/mol. The van der Waals surface area contributed by atoms with Crippen LogP contribution in [0.2, 0.25) is 0 Å². The van der Waals surface area contributed by atoms with Crippen molar-refractivity contribution in [3.05, 3.63) is 28.3 Å². The van der Waals surface area contributed by atoms with E-state index in [9.17, 15) is 14.4 Å². The molecule has 0 aliphatic carbocycles. The molecule has 0 atom stereocenters. The second kappa shape index (κ2) is 9.78. The number of fused-ring (bicyclic) bond motifs is 1. The van der Waals surface area contributed by atoms with Crippen molar-refractivity contribution in [1.82, 2.24) is 9.38 Å². The van der Waals surface area contributed by atoms with Crippen molar-refractivity contribution in [2.75, 3.05) is 56.9 Å². The third kappa shape index (κ3) is 4.63. The van der Waals surface area contributed by atoms with Crippen molar-refractivity contribution in [3.63, 3.8) is 0 Å². The number of methoxy groups -OCH3 is 1. The fourth-order valence-corrected chi connectivity index (χ4v) is 3.29. The highest BCUT2D eigenvalue weighted by Gasteiger charge is 2.25. The van der Waals surface area contributed by atoms with E-state index in [2.05, 4.69) is 9.88 Å². The van der Waals surface area contributed by atoms with Crippen molar-refractivity contribution in [2.24, 2.45) is 0 Å². The van der Waals surface area contributed by atoms with Crippen LogP contribution in [0, 0.1) is 0 Å². The molecule has 3 heterocycles. The molecule has 0 N–H and O–H groups in total. The lowest BCUT2D eigenvalue weighted by Crippen LogP contribution is -2.37. The smallest absolute Gasteiger partial charge is 0.360 e. The van der Waals surface area contributed by atoms with Gasteiger partial charge in [-0.3, -0.25) is 14.0 Å². The van der Waals surface area contributed by atoms with Gasteiger partial charge in [0, 0.05) is 33.3 Å². The summed E-state index contributed by atoms with van der Waals surface area (Å²) in [6.45, 7) is 6.11. The molecule has 10 nitrogen and oxygen atoms in total. The minimum absolute atomic E-state index is 0.159. The maximum atomic E-state index is 13.4. The largest absolute Gasteiger partial charge is 0.486 e. The van der Waals surface area contributed by atoms with Crippen LogP contribution in [0.5, 0.6) is 5.75 Å². The van der Waals surface area contributed by atoms with Gasteiger partial charge in [0.05, 0.1) is 38.3 Å². The van der Waals surface area contributed by atoms with Crippen LogP contribution in [-0.4, -0.2) is 68.3 Å². The number of anilines is 2. The predicted octanol–water partition coefficient (Wildman–Crippen LogP) is 1.48. The first kappa shape index (κ1) is 22.5. The van der Waals surface area contributed by atoms with Crippen LogP contribution in [0.25, 0.3) is 5.65 Å². The molecule has 10 heteroatoms. The quantitative estimate of drug-likeness (QED) is 0.479. The van der Waals surface area contributed by atoms with E-state index in [-0.39, 0.29) is 29.6 Å². The minimum Gasteiger partial charge on any atom is -0.486 e. The van der Waals surface area contributed by atoms with E-state index in [0.29, 0.717) is 32.0 Å². The van der Waals surface area contributed by atoms with Gasteiger partial charge in [-0.25, -0.2) is 9.78 Å². The number of carbonyl (C=O) groups excluding carboxylic acids is 2. The zero-order chi connectivity index (χ0) is 22.5. The molecule has 0 bridgehead atoms. The average molecular weight is 432 g/mol. The lowest BCUT2D eigenvalue weighted by Gasteiger charge is -2.30. The second-order valence-corrected chi connectivity index (χ2v) is 7.24. The van der Waals surface area contributed by atoms with Crippen LogP contribution < -0.4 is 20.1 Å². The van der Waals surface area contributed by atoms with Gasteiger partial charge in [0.25, 0.3) is 0 Å². The van der Waals surface area contributed by atoms with Gasteiger partial charge in [-0.1, -0.05) is 13.3 Å². The standard InChI is InChI=1S/C21H28N4O6/c1-5-6-9-31-18-17(21(28)29-4)22-19-16(23(3)14(2)26)12-15(13-25(19)20(18)27)24-7-10-30-11-8-24/h12-13H,5-11H2,1-4H3. The van der Waals surface area contributed by atoms with Crippen molar-refractivity contribution < 1.29 is 23.8 Å². The van der Waals surface area contributed by atoms with Crippen molar-refractivity contribution in [1.29, 1.82) is 0 Å². The van der Waals surface area contributed by atoms with Crippen LogP contribution in [0.4, 0.5) is 11.4 Å². The Hall–Kier alpha value is -3.14. The molecule has 0 radical (unpaired) electrons. The van der Waals surface area contributed by atoms with E-state index < -0.39 is 11.5 Å². The highest BCUT2D eigenvalue weighted by molar-refractivity contribution is 5.97. The number of ether oxygens (including phenoxy) is 3. The molecular formula is C21H28N4O6. The molecule has 2 aromatic heterocycles. The second-order valence-electron chi connectivity index (χ2n) is 7.24. The number of morpholine rings is 1. The molecule has 168 valence electrons. The molecule has 0 unspecified atom stereocenters. The molecule has 31 heavy (non-hydrogen) atoms. The third-order valence-corrected chi connectivity index (χ3v) is 5.18. The van der Waals surface area contributed by atoms with E-state index in [1.807, 2.05) is 6.92 Å². The molecule has 0 aromatic carbocycles. The van der Waals surface area contributed by atoms with E-state index >= 15 is 0 Å². The number of unbranched alkanes of at least 4 members (excludes halogenated alkanes) is 1. The Labute approximate surface area is 180 Å². The zero-order valence-electron chi connectivity index (χ0n) is 18.3. The van der Waals surface area contributed by atoms with Gasteiger partial charge >= 0.3 is 11.5 Å². The number of nitrogens with zero attached hydrogens (tertiary/aromatic N) is 4. The monoisotopic (exact) mass is 432 g/mol. The number of hydrogen-bond donors (Lipinski definition) is 0. The summed E-state index contributed by atoms with van der Waals surface area (Å²) in [5, 5.41) is 0. The Balaban J connectivity index is 2.27. The fourth-order valence-electron chi connectivity index (χ4n) is 3.29. The fraction of sp³-hybridized carbons (Fsp3) is 0.524. The number of amides is 1. The average Bonchev–Trinajstić information content (AvgIpc) is 2.79. The van der Waals surface area contributed by atoms with Crippen LogP contribution in [0.1, 0.15) is 37.2 Å². The van der Waals surface area contributed by atoms with Gasteiger partial charge in [0.2, 0.25) is 11.7 Å². The summed E-state index contributed by atoms with van der Waals surface area (Å²) in [7, 11) is 2.81. The summed E-state index contributed by atoms with van der Waals surface area (Å²) >= 11 is 0. The normalized spacial score (nSPS) is 13.9. The molecule has 0 saturated carbocycles. The molecule has 1 saturated heterocycles. The highest BCUT2D eigenvalue weighted by atomic mass is 16.5. The van der Waals surface area contributed by atoms with Crippen LogP contribution in [0.15, 0.2) is 17.1 Å². The van der Waals surface area contributed by atoms with Crippen LogP contribution in [-0.2, 0) is 14.3 Å². The van der Waals surface area contributed by atoms with Crippen molar-refractivity contribution in [3.8, 4) is 5.75 Å². The van der Waals surface area contributed by atoms with E-state index in [1.54, 1.807) is 19.3 Å². The van der Waals surface area contributed by atoms with Gasteiger partial charge in [-0.2, -0.15) is 0 Å². The summed E-state index contributed by atoms with van der Waals surface area (Å²) in [6, 6.07) is 1.78. The van der Waals surface area contributed by atoms with Gasteiger partial charge < -0.3 is 24.0 Å². The maximum absolute atomic E-state index is 13.4. The number of hydrogen-bond acceptors (Lipinski definition) is 8. The van der Waals surface area contributed by atoms with Gasteiger partial charge in [-0.05, 0) is 12.5 Å². The maximum Gasteiger partial charge on any atom is 0.360 e. The number of rotatable bonds is 7. The number of aromatic nitrogens is 2. The summed E-state index contributed by atoms with van der Waals surface area (Å²) in [5.41, 5.74) is 0.575. The Kier molecular flexibility index (Phi) is 7.11. The predicted molar refractivity (Wildman–Crippen MR) is 115 cm³/mol. The Bertz CT molecular complexity index is 1030. The van der Waals surface area contributed by atoms with E-state index in [0.717, 1.165) is 18.5 Å². The molecule has 2 aromatic rings. The molecule has 0 spiro atoms. The summed E-state index contributed by atoms with van der Waals surface area (Å²) in [4.78, 5) is 45.8. The molecule has 1 amide bonds. The molecule has 1 aliphatic heterocycles. The topological polar surface area (TPSA) is 103 Å². The number of pyridine rings is 1. The van der Waals surface area contributed by atoms with Gasteiger partial charge in [0.15, 0.2) is 11.3 Å². The van der Waals surface area contributed by atoms with E-state index in [4.69, 9.17) is 14.2 Å².